The maximum atomic E-state index is 10.4. The fourth-order valence-electron chi connectivity index (χ4n) is 0.936. The predicted octanol–water partition coefficient (Wildman–Crippen LogP) is -3.23. The van der Waals surface area contributed by atoms with Crippen LogP contribution >= 0.6 is 0 Å². The fourth-order valence-corrected chi connectivity index (χ4v) is 0.936. The van der Waals surface area contributed by atoms with Gasteiger partial charge in [0.1, 0.15) is 6.10 Å². The van der Waals surface area contributed by atoms with E-state index in [4.69, 9.17) is 4.84 Å². The zero-order chi connectivity index (χ0) is 7.56. The monoisotopic (exact) mass is 245 g/mol. The Kier molecular flexibility index (Phi) is 8.99. The van der Waals surface area contributed by atoms with Gasteiger partial charge in [-0.3, -0.25) is 0 Å². The topological polar surface area (TPSA) is 44.6 Å². The van der Waals surface area contributed by atoms with Gasteiger partial charge in [-0.05, 0) is 12.8 Å². The molecule has 0 aromatic rings. The van der Waals surface area contributed by atoms with E-state index < -0.39 is 0 Å². The van der Waals surface area contributed by atoms with Gasteiger partial charge in [0, 0.05) is 6.42 Å². The van der Waals surface area contributed by atoms with Crippen LogP contribution in [0.15, 0.2) is 5.16 Å². The number of halogens is 1. The Morgan fingerprint density at radius 2 is 2.33 bits per heavy atom. The second-order valence-electron chi connectivity index (χ2n) is 2.82. The molecule has 5 heteroatoms. The summed E-state index contributed by atoms with van der Waals surface area (Å²) >= 11 is 0. The molecule has 0 spiro atoms. The molecule has 12 heavy (non-hydrogen) atoms. The number of nitrogens with zero attached hydrogens (tertiary/aromatic N) is 1. The van der Waals surface area contributed by atoms with Gasteiger partial charge in [0.05, 0.1) is 5.71 Å². The van der Waals surface area contributed by atoms with Crippen LogP contribution in [0.3, 0.4) is 0 Å². The SMILES string of the molecule is CC1=NO[C@@H]([C@H](C)C[O-])C1.[Br-].[Mg+2]. The zero-order valence-corrected chi connectivity index (χ0v) is 10.4. The molecule has 0 aromatic heterocycles. The summed E-state index contributed by atoms with van der Waals surface area (Å²) in [6.45, 7) is 3.73. The molecule has 0 amide bonds. The van der Waals surface area contributed by atoms with Crippen molar-refractivity contribution in [2.45, 2.75) is 26.4 Å². The van der Waals surface area contributed by atoms with Gasteiger partial charge in [0.25, 0.3) is 0 Å². The molecular formula is C7H12BrMgNO2. The summed E-state index contributed by atoms with van der Waals surface area (Å²) in [5.41, 5.74) is 0.991. The van der Waals surface area contributed by atoms with Crippen molar-refractivity contribution >= 4 is 28.8 Å². The van der Waals surface area contributed by atoms with Crippen molar-refractivity contribution in [3.8, 4) is 0 Å². The second-order valence-corrected chi connectivity index (χ2v) is 2.82. The van der Waals surface area contributed by atoms with Gasteiger partial charge in [-0.25, -0.2) is 0 Å². The molecule has 0 N–H and O–H groups in total. The molecule has 0 radical (unpaired) electrons. The van der Waals surface area contributed by atoms with Crippen molar-refractivity contribution in [2.24, 2.45) is 11.1 Å². The number of rotatable bonds is 2. The predicted molar refractivity (Wildman–Crippen MR) is 42.4 cm³/mol. The zero-order valence-electron chi connectivity index (χ0n) is 7.42. The molecule has 0 aliphatic carbocycles. The van der Waals surface area contributed by atoms with Crippen molar-refractivity contribution < 1.29 is 26.9 Å². The average molecular weight is 246 g/mol. The molecule has 0 aromatic carbocycles. The van der Waals surface area contributed by atoms with E-state index in [9.17, 15) is 5.11 Å². The Balaban J connectivity index is 0. The third-order valence-corrected chi connectivity index (χ3v) is 1.74. The Bertz CT molecular complexity index is 154. The molecule has 1 aliphatic rings. The van der Waals surface area contributed by atoms with Gasteiger partial charge in [0.15, 0.2) is 0 Å². The van der Waals surface area contributed by atoms with Gasteiger partial charge in [0.2, 0.25) is 0 Å². The maximum absolute atomic E-state index is 10.4. The molecule has 0 saturated carbocycles. The van der Waals surface area contributed by atoms with Gasteiger partial charge in [-0.2, -0.15) is 0 Å². The largest absolute Gasteiger partial charge is 2.00 e. The van der Waals surface area contributed by atoms with E-state index in [1.54, 1.807) is 0 Å². The van der Waals surface area contributed by atoms with E-state index in [0.29, 0.717) is 0 Å². The van der Waals surface area contributed by atoms with Crippen molar-refractivity contribution in [3.63, 3.8) is 0 Å². The molecule has 0 saturated heterocycles. The summed E-state index contributed by atoms with van der Waals surface area (Å²) in [6.07, 6.45) is 0.862. The molecule has 3 nitrogen and oxygen atoms in total. The van der Waals surface area contributed by atoms with Gasteiger partial charge >= 0.3 is 23.1 Å². The van der Waals surface area contributed by atoms with Crippen LogP contribution in [0, 0.1) is 5.92 Å². The van der Waals surface area contributed by atoms with Crippen LogP contribution in [-0.4, -0.2) is 41.5 Å². The summed E-state index contributed by atoms with van der Waals surface area (Å²) in [5, 5.41) is 14.2. The first kappa shape index (κ1) is 15.2. The van der Waals surface area contributed by atoms with E-state index in [0.717, 1.165) is 12.1 Å². The van der Waals surface area contributed by atoms with Crippen LogP contribution in [0.1, 0.15) is 20.3 Å². The van der Waals surface area contributed by atoms with Crippen LogP contribution < -0.4 is 22.1 Å². The molecular weight excluding hydrogens is 234 g/mol. The summed E-state index contributed by atoms with van der Waals surface area (Å²) < 4.78 is 0. The minimum Gasteiger partial charge on any atom is -1.00 e. The quantitative estimate of drug-likeness (QED) is 0.481. The van der Waals surface area contributed by atoms with Crippen molar-refractivity contribution in [1.82, 2.24) is 0 Å². The molecule has 1 heterocycles. The first-order chi connectivity index (χ1) is 4.74. The Hall–Kier alpha value is 0.676. The molecule has 0 unspecified atom stereocenters. The summed E-state index contributed by atoms with van der Waals surface area (Å²) in [7, 11) is 0. The summed E-state index contributed by atoms with van der Waals surface area (Å²) in [5.74, 6) is 0.0844. The molecule has 66 valence electrons. The minimum atomic E-state index is -0.0759. The maximum Gasteiger partial charge on any atom is 2.00 e. The number of hydrogen-bond donors (Lipinski definition) is 0. The van der Waals surface area contributed by atoms with Crippen LogP contribution in [0.2, 0.25) is 0 Å². The normalized spacial score (nSPS) is 22.9. The summed E-state index contributed by atoms with van der Waals surface area (Å²) in [4.78, 5) is 5.01. The third-order valence-electron chi connectivity index (χ3n) is 1.74. The minimum absolute atomic E-state index is 0. The van der Waals surface area contributed by atoms with Crippen LogP contribution in [0.25, 0.3) is 0 Å². The van der Waals surface area contributed by atoms with Gasteiger partial charge in [-0.1, -0.05) is 12.1 Å². The molecule has 1 rings (SSSR count). The smallest absolute Gasteiger partial charge is 1.00 e. The van der Waals surface area contributed by atoms with Crippen molar-refractivity contribution in [1.29, 1.82) is 0 Å². The number of hydrogen-bond acceptors (Lipinski definition) is 3. The van der Waals surface area contributed by atoms with E-state index >= 15 is 0 Å². The molecule has 1 aliphatic heterocycles. The molecule has 0 fully saturated rings. The standard InChI is InChI=1S/C7H12NO2.BrH.Mg/c1-5(4-9)7-3-6(2)8-10-7;;/h5,7H,3-4H2,1-2H3;1H;/q-1;;+2/p-1/t5-,7-;;/m1../s1. The Morgan fingerprint density at radius 3 is 2.67 bits per heavy atom. The van der Waals surface area contributed by atoms with E-state index in [2.05, 4.69) is 5.16 Å². The Morgan fingerprint density at radius 1 is 1.75 bits per heavy atom. The van der Waals surface area contributed by atoms with E-state index in [1.807, 2.05) is 13.8 Å². The van der Waals surface area contributed by atoms with E-state index in [-0.39, 0.29) is 58.7 Å². The van der Waals surface area contributed by atoms with E-state index in [1.165, 1.54) is 0 Å². The summed E-state index contributed by atoms with van der Waals surface area (Å²) in [6, 6.07) is 0. The molecule has 2 atom stereocenters. The third kappa shape index (κ3) is 4.07. The van der Waals surface area contributed by atoms with Crippen LogP contribution in [-0.2, 0) is 4.84 Å². The first-order valence-corrected chi connectivity index (χ1v) is 3.51. The fraction of sp³-hybridized carbons (Fsp3) is 0.857. The van der Waals surface area contributed by atoms with Gasteiger partial charge in [-0.15, -0.1) is 6.61 Å². The molecule has 0 bridgehead atoms. The van der Waals surface area contributed by atoms with Crippen molar-refractivity contribution in [2.75, 3.05) is 6.61 Å². The van der Waals surface area contributed by atoms with Crippen LogP contribution in [0.4, 0.5) is 0 Å². The Labute approximate surface area is 99.5 Å². The number of oxime groups is 1. The van der Waals surface area contributed by atoms with Crippen LogP contribution in [0.5, 0.6) is 0 Å². The van der Waals surface area contributed by atoms with Crippen molar-refractivity contribution in [3.05, 3.63) is 0 Å². The second kappa shape index (κ2) is 7.12. The van der Waals surface area contributed by atoms with Gasteiger partial charge < -0.3 is 26.9 Å². The first-order valence-electron chi connectivity index (χ1n) is 3.51. The average Bonchev–Trinajstić information content (AvgIpc) is 2.34.